The Kier molecular flexibility index (Phi) is 11.3. The second-order valence-electron chi connectivity index (χ2n) is 8.17. The van der Waals surface area contributed by atoms with Crippen molar-refractivity contribution in [3.8, 4) is 22.6 Å². The summed E-state index contributed by atoms with van der Waals surface area (Å²) in [5.41, 5.74) is 1.73. The minimum Gasteiger partial charge on any atom is -0.507 e. The molecule has 0 aliphatic heterocycles. The van der Waals surface area contributed by atoms with Crippen molar-refractivity contribution in [2.24, 2.45) is 0 Å². The Morgan fingerprint density at radius 1 is 0.921 bits per heavy atom. The Hall–Kier alpha value is -3.93. The van der Waals surface area contributed by atoms with Gasteiger partial charge in [-0.3, -0.25) is 9.35 Å². The Labute approximate surface area is 222 Å². The van der Waals surface area contributed by atoms with E-state index in [1.165, 1.54) is 18.2 Å². The Morgan fingerprint density at radius 3 is 2.13 bits per heavy atom. The van der Waals surface area contributed by atoms with E-state index in [0.717, 1.165) is 30.8 Å². The molecule has 1 amide bonds. The summed E-state index contributed by atoms with van der Waals surface area (Å²) in [5, 5.41) is 22.4. The van der Waals surface area contributed by atoms with Gasteiger partial charge in [-0.15, -0.1) is 0 Å². The van der Waals surface area contributed by atoms with Crippen LogP contribution in [0.3, 0.4) is 0 Å². The Morgan fingerprint density at radius 2 is 1.55 bits per heavy atom. The number of hydrogen-bond donors (Lipinski definition) is 4. The number of likely N-dealkylation sites (N-methyl/N-ethyl adjacent to an activating group) is 1. The molecule has 4 N–H and O–H groups in total. The molecule has 0 fully saturated rings. The lowest BCUT2D eigenvalue weighted by atomic mass is 10.0. The molecule has 0 heterocycles. The van der Waals surface area contributed by atoms with Crippen LogP contribution in [0.4, 0.5) is 5.69 Å². The zero-order valence-electron chi connectivity index (χ0n) is 21.4. The fourth-order valence-corrected chi connectivity index (χ4v) is 3.45. The second-order valence-corrected chi connectivity index (χ2v) is 9.64. The second kappa shape index (κ2) is 14.1. The normalized spacial score (nSPS) is 10.9. The highest BCUT2D eigenvalue weighted by Crippen LogP contribution is 2.28. The molecular weight excluding hydrogens is 512 g/mol. The average molecular weight is 545 g/mol. The molecule has 0 aromatic heterocycles. The van der Waals surface area contributed by atoms with E-state index in [2.05, 4.69) is 24.1 Å². The number of carbonyl (C=O) groups is 2. The molecule has 204 valence electrons. The number of ether oxygens (including phenoxy) is 1. The van der Waals surface area contributed by atoms with Crippen molar-refractivity contribution in [3.63, 3.8) is 0 Å². The van der Waals surface area contributed by atoms with Gasteiger partial charge in [0.1, 0.15) is 18.1 Å². The first-order valence-corrected chi connectivity index (χ1v) is 13.6. The summed E-state index contributed by atoms with van der Waals surface area (Å²) in [7, 11) is -3.67. The quantitative estimate of drug-likeness (QED) is 0.275. The molecule has 0 saturated carbocycles. The number of benzene rings is 3. The third kappa shape index (κ3) is 9.85. The van der Waals surface area contributed by atoms with Gasteiger partial charge in [-0.25, -0.2) is 4.79 Å². The smallest absolute Gasteiger partial charge is 0.337 e. The SMILES string of the molecule is CCN(CC)CCOc1ccc(O)c(C(=O)Nc2cc(-c3ccccc3)ccc2C(=O)O)c1.CS(=O)(=O)O. The average Bonchev–Trinajstić information content (AvgIpc) is 2.87. The molecule has 11 heteroatoms. The number of aromatic carboxylic acids is 1. The van der Waals surface area contributed by atoms with Gasteiger partial charge < -0.3 is 25.2 Å². The summed E-state index contributed by atoms with van der Waals surface area (Å²) >= 11 is 0. The summed E-state index contributed by atoms with van der Waals surface area (Å²) < 4.78 is 31.6. The Bertz CT molecular complexity index is 1330. The molecule has 0 aliphatic carbocycles. The predicted octanol–water partition coefficient (Wildman–Crippen LogP) is 4.23. The first kappa shape index (κ1) is 30.3. The van der Waals surface area contributed by atoms with E-state index in [4.69, 9.17) is 9.29 Å². The zero-order valence-corrected chi connectivity index (χ0v) is 22.2. The maximum Gasteiger partial charge on any atom is 0.337 e. The van der Waals surface area contributed by atoms with E-state index in [9.17, 15) is 28.2 Å². The van der Waals surface area contributed by atoms with Gasteiger partial charge in [0.25, 0.3) is 16.0 Å². The Balaban J connectivity index is 0.000000926. The summed E-state index contributed by atoms with van der Waals surface area (Å²) in [6.07, 6.45) is 0.715. The molecule has 38 heavy (non-hydrogen) atoms. The molecular formula is C27H32N2O8S. The highest BCUT2D eigenvalue weighted by Gasteiger charge is 2.18. The van der Waals surface area contributed by atoms with E-state index in [-0.39, 0.29) is 22.6 Å². The van der Waals surface area contributed by atoms with Crippen molar-refractivity contribution in [2.75, 3.05) is 37.8 Å². The summed E-state index contributed by atoms with van der Waals surface area (Å²) in [6, 6.07) is 18.6. The zero-order chi connectivity index (χ0) is 28.3. The molecule has 3 rings (SSSR count). The van der Waals surface area contributed by atoms with Crippen LogP contribution >= 0.6 is 0 Å². The number of nitrogens with zero attached hydrogens (tertiary/aromatic N) is 1. The number of carboxylic acids is 1. The largest absolute Gasteiger partial charge is 0.507 e. The number of carbonyl (C=O) groups excluding carboxylic acids is 1. The van der Waals surface area contributed by atoms with Gasteiger partial charge in [-0.1, -0.05) is 50.2 Å². The highest BCUT2D eigenvalue weighted by molar-refractivity contribution is 7.85. The number of hydrogen-bond acceptors (Lipinski definition) is 7. The molecule has 0 unspecified atom stereocenters. The van der Waals surface area contributed by atoms with Crippen LogP contribution in [0.25, 0.3) is 11.1 Å². The maximum atomic E-state index is 13.0. The van der Waals surface area contributed by atoms with Crippen molar-refractivity contribution in [1.29, 1.82) is 0 Å². The minimum atomic E-state index is -3.67. The lowest BCUT2D eigenvalue weighted by Crippen LogP contribution is -2.27. The lowest BCUT2D eigenvalue weighted by molar-refractivity contribution is 0.0698. The number of phenolic OH excluding ortho intramolecular Hbond substituents is 1. The van der Waals surface area contributed by atoms with Gasteiger partial charge in [0.15, 0.2) is 0 Å². The van der Waals surface area contributed by atoms with Crippen molar-refractivity contribution in [1.82, 2.24) is 4.90 Å². The first-order valence-electron chi connectivity index (χ1n) is 11.8. The molecule has 0 atom stereocenters. The number of phenols is 1. The number of rotatable bonds is 10. The fraction of sp³-hybridized carbons (Fsp3) is 0.259. The van der Waals surface area contributed by atoms with Crippen molar-refractivity contribution >= 4 is 27.7 Å². The van der Waals surface area contributed by atoms with Crippen LogP contribution in [0.2, 0.25) is 0 Å². The molecule has 0 saturated heterocycles. The van der Waals surface area contributed by atoms with E-state index in [0.29, 0.717) is 18.6 Å². The van der Waals surface area contributed by atoms with Crippen molar-refractivity contribution in [2.45, 2.75) is 13.8 Å². The van der Waals surface area contributed by atoms with Crippen molar-refractivity contribution < 1.29 is 37.5 Å². The summed E-state index contributed by atoms with van der Waals surface area (Å²) in [4.78, 5) is 26.9. The predicted molar refractivity (Wildman–Crippen MR) is 146 cm³/mol. The molecule has 3 aromatic rings. The molecule has 0 radical (unpaired) electrons. The number of nitrogens with one attached hydrogen (secondary N) is 1. The van der Waals surface area contributed by atoms with Crippen LogP contribution in [0.5, 0.6) is 11.5 Å². The third-order valence-electron chi connectivity index (χ3n) is 5.39. The van der Waals surface area contributed by atoms with Crippen LogP contribution in [0, 0.1) is 0 Å². The van der Waals surface area contributed by atoms with Gasteiger partial charge in [-0.05, 0) is 54.5 Å². The standard InChI is InChI=1S/C26H28N2O5.CH4O3S/c1-3-28(4-2)14-15-33-20-11-13-24(29)22(17-20)25(30)27-23-16-19(10-12-21(23)26(31)32)18-8-6-5-7-9-18;1-5(2,3)4/h5-13,16-17,29H,3-4,14-15H2,1-2H3,(H,27,30)(H,31,32);1H3,(H,2,3,4). The number of carboxylic acid groups (broad SMARTS) is 1. The summed E-state index contributed by atoms with van der Waals surface area (Å²) in [5.74, 6) is -1.57. The van der Waals surface area contributed by atoms with E-state index >= 15 is 0 Å². The van der Waals surface area contributed by atoms with E-state index in [1.54, 1.807) is 18.2 Å². The molecule has 3 aromatic carbocycles. The summed E-state index contributed by atoms with van der Waals surface area (Å²) in [6.45, 7) is 7.16. The van der Waals surface area contributed by atoms with Gasteiger partial charge in [-0.2, -0.15) is 8.42 Å². The van der Waals surface area contributed by atoms with Crippen LogP contribution in [0.1, 0.15) is 34.6 Å². The maximum absolute atomic E-state index is 13.0. The molecule has 0 aliphatic rings. The monoisotopic (exact) mass is 544 g/mol. The molecule has 10 nitrogen and oxygen atoms in total. The molecule has 0 spiro atoms. The van der Waals surface area contributed by atoms with E-state index in [1.807, 2.05) is 30.3 Å². The lowest BCUT2D eigenvalue weighted by Gasteiger charge is -2.18. The van der Waals surface area contributed by atoms with Gasteiger partial charge in [0.2, 0.25) is 0 Å². The highest BCUT2D eigenvalue weighted by atomic mass is 32.2. The number of anilines is 1. The van der Waals surface area contributed by atoms with Crippen LogP contribution in [-0.4, -0.2) is 72.5 Å². The van der Waals surface area contributed by atoms with Gasteiger partial charge >= 0.3 is 5.97 Å². The van der Waals surface area contributed by atoms with Crippen LogP contribution < -0.4 is 10.1 Å². The first-order chi connectivity index (χ1) is 17.9. The van der Waals surface area contributed by atoms with Gasteiger partial charge in [0, 0.05) is 6.54 Å². The topological polar surface area (TPSA) is 153 Å². The van der Waals surface area contributed by atoms with Crippen LogP contribution in [0.15, 0.2) is 66.7 Å². The number of aromatic hydroxyl groups is 1. The number of amides is 1. The van der Waals surface area contributed by atoms with Crippen LogP contribution in [-0.2, 0) is 10.1 Å². The fourth-order valence-electron chi connectivity index (χ4n) is 3.45. The van der Waals surface area contributed by atoms with Gasteiger partial charge in [0.05, 0.1) is 23.1 Å². The molecule has 0 bridgehead atoms. The van der Waals surface area contributed by atoms with Crippen molar-refractivity contribution in [3.05, 3.63) is 77.9 Å². The minimum absolute atomic E-state index is 0.00297. The van der Waals surface area contributed by atoms with E-state index < -0.39 is 22.0 Å². The third-order valence-corrected chi connectivity index (χ3v) is 5.39.